The highest BCUT2D eigenvalue weighted by atomic mass is 16.3. The number of nitrogens with zero attached hydrogens (tertiary/aromatic N) is 2. The second kappa shape index (κ2) is 8.02. The van der Waals surface area contributed by atoms with Crippen LogP contribution >= 0.6 is 0 Å². The molecule has 1 rings (SSSR count). The molecule has 1 amide bonds. The van der Waals surface area contributed by atoms with E-state index in [1.54, 1.807) is 0 Å². The van der Waals surface area contributed by atoms with Crippen molar-refractivity contribution in [3.8, 4) is 0 Å². The van der Waals surface area contributed by atoms with E-state index >= 15 is 0 Å². The van der Waals surface area contributed by atoms with E-state index in [1.165, 1.54) is 0 Å². The van der Waals surface area contributed by atoms with Gasteiger partial charge >= 0.3 is 0 Å². The number of hydrogen-bond donors (Lipinski definition) is 3. The van der Waals surface area contributed by atoms with Gasteiger partial charge in [0.05, 0.1) is 0 Å². The molecule has 1 unspecified atom stereocenters. The van der Waals surface area contributed by atoms with Crippen molar-refractivity contribution in [2.24, 2.45) is 16.2 Å². The fourth-order valence-electron chi connectivity index (χ4n) is 2.31. The van der Waals surface area contributed by atoms with E-state index < -0.39 is 12.1 Å². The number of hydrogen-bond acceptors (Lipinski definition) is 4. The van der Waals surface area contributed by atoms with E-state index in [4.69, 9.17) is 5.84 Å². The zero-order valence-corrected chi connectivity index (χ0v) is 11.0. The Morgan fingerprint density at radius 3 is 2.72 bits per heavy atom. The minimum absolute atomic E-state index is 0.203. The normalized spacial score (nSPS) is 20.1. The van der Waals surface area contributed by atoms with Crippen molar-refractivity contribution in [3.63, 3.8) is 0 Å². The summed E-state index contributed by atoms with van der Waals surface area (Å²) in [7, 11) is 0. The van der Waals surface area contributed by atoms with Gasteiger partial charge in [0.15, 0.2) is 6.10 Å². The number of aliphatic hydroxyl groups excluding tert-OH is 1. The number of rotatable bonds is 7. The van der Waals surface area contributed by atoms with Crippen LogP contribution < -0.4 is 11.2 Å². The van der Waals surface area contributed by atoms with Gasteiger partial charge < -0.3 is 16.3 Å². The van der Waals surface area contributed by atoms with Crippen LogP contribution in [0.3, 0.4) is 0 Å². The number of carbonyl (C=O) groups excluding carboxylic acids is 1. The SMILES string of the molecule is CCCC[C@H](N=NN)C(O)C(=O)NC1CCCC1. The number of nitrogens with one attached hydrogen (secondary N) is 1. The molecular formula is C12H24N4O2. The Hall–Kier alpha value is -1.17. The standard InChI is InChI=1S/C12H24N4O2/c1-2-3-8-10(15-16-13)11(17)12(18)14-9-6-4-5-7-9/h9-11,17H,2-8H2,1H3,(H2,13,15)(H,14,18)/t10-,11?/m0/s1. The largest absolute Gasteiger partial charge is 0.381 e. The molecule has 1 fully saturated rings. The zero-order chi connectivity index (χ0) is 13.4. The first kappa shape index (κ1) is 14.9. The highest BCUT2D eigenvalue weighted by molar-refractivity contribution is 5.81. The molecule has 6 nitrogen and oxygen atoms in total. The molecule has 0 heterocycles. The third kappa shape index (κ3) is 4.60. The lowest BCUT2D eigenvalue weighted by Crippen LogP contribution is -2.45. The summed E-state index contributed by atoms with van der Waals surface area (Å²) in [5, 5.41) is 19.8. The first-order valence-electron chi connectivity index (χ1n) is 6.77. The van der Waals surface area contributed by atoms with E-state index in [0.29, 0.717) is 6.42 Å². The number of unbranched alkanes of at least 4 members (excludes halogenated alkanes) is 1. The highest BCUT2D eigenvalue weighted by Gasteiger charge is 2.28. The predicted molar refractivity (Wildman–Crippen MR) is 68.8 cm³/mol. The lowest BCUT2D eigenvalue weighted by molar-refractivity contribution is -0.131. The molecule has 1 aliphatic carbocycles. The van der Waals surface area contributed by atoms with Crippen LogP contribution in [0.1, 0.15) is 51.9 Å². The fraction of sp³-hybridized carbons (Fsp3) is 0.917. The van der Waals surface area contributed by atoms with Gasteiger partial charge in [-0.05, 0) is 19.3 Å². The summed E-state index contributed by atoms with van der Waals surface area (Å²) in [5.74, 6) is 4.67. The molecule has 1 saturated carbocycles. The minimum atomic E-state index is -1.15. The van der Waals surface area contributed by atoms with E-state index in [-0.39, 0.29) is 11.9 Å². The van der Waals surface area contributed by atoms with Crippen molar-refractivity contribution in [2.75, 3.05) is 0 Å². The molecule has 0 aromatic heterocycles. The fourth-order valence-corrected chi connectivity index (χ4v) is 2.31. The molecule has 4 N–H and O–H groups in total. The van der Waals surface area contributed by atoms with Crippen LogP contribution in [0, 0.1) is 0 Å². The number of amides is 1. The summed E-state index contributed by atoms with van der Waals surface area (Å²) in [6, 6.07) is -0.329. The van der Waals surface area contributed by atoms with E-state index in [9.17, 15) is 9.90 Å². The van der Waals surface area contributed by atoms with Crippen molar-refractivity contribution in [1.29, 1.82) is 0 Å². The van der Waals surface area contributed by atoms with Gasteiger partial charge in [-0.3, -0.25) is 4.79 Å². The van der Waals surface area contributed by atoms with Crippen LogP contribution in [0.15, 0.2) is 10.3 Å². The van der Waals surface area contributed by atoms with Gasteiger partial charge in [0.1, 0.15) is 6.04 Å². The van der Waals surface area contributed by atoms with Gasteiger partial charge in [0, 0.05) is 6.04 Å². The zero-order valence-electron chi connectivity index (χ0n) is 11.0. The molecule has 18 heavy (non-hydrogen) atoms. The summed E-state index contributed by atoms with van der Waals surface area (Å²) < 4.78 is 0. The smallest absolute Gasteiger partial charge is 0.251 e. The number of carbonyl (C=O) groups is 1. The van der Waals surface area contributed by atoms with Crippen molar-refractivity contribution in [3.05, 3.63) is 0 Å². The summed E-state index contributed by atoms with van der Waals surface area (Å²) >= 11 is 0. The summed E-state index contributed by atoms with van der Waals surface area (Å²) in [4.78, 5) is 11.9. The van der Waals surface area contributed by atoms with Crippen molar-refractivity contribution < 1.29 is 9.90 Å². The van der Waals surface area contributed by atoms with Gasteiger partial charge in [-0.25, -0.2) is 0 Å². The first-order chi connectivity index (χ1) is 8.69. The van der Waals surface area contributed by atoms with E-state index in [1.807, 2.05) is 6.92 Å². The Kier molecular flexibility index (Phi) is 6.64. The second-order valence-electron chi connectivity index (χ2n) is 4.88. The Bertz CT molecular complexity index is 277. The molecule has 2 atom stereocenters. The quantitative estimate of drug-likeness (QED) is 0.363. The Balaban J connectivity index is 2.46. The van der Waals surface area contributed by atoms with E-state index in [0.717, 1.165) is 38.5 Å². The summed E-state index contributed by atoms with van der Waals surface area (Å²) in [6.07, 6.45) is 5.62. The number of nitrogens with two attached hydrogens (primary N) is 1. The molecule has 0 bridgehead atoms. The maximum Gasteiger partial charge on any atom is 0.251 e. The van der Waals surface area contributed by atoms with Crippen LogP contribution in [0.5, 0.6) is 0 Å². The summed E-state index contributed by atoms with van der Waals surface area (Å²) in [5.41, 5.74) is 0. The highest BCUT2D eigenvalue weighted by Crippen LogP contribution is 2.18. The van der Waals surface area contributed by atoms with Gasteiger partial charge in [-0.1, -0.05) is 37.8 Å². The van der Waals surface area contributed by atoms with Gasteiger partial charge in [0.2, 0.25) is 0 Å². The predicted octanol–water partition coefficient (Wildman–Crippen LogP) is 1.29. The third-order valence-electron chi connectivity index (χ3n) is 3.40. The molecular weight excluding hydrogens is 232 g/mol. The van der Waals surface area contributed by atoms with Crippen LogP contribution in [0.4, 0.5) is 0 Å². The van der Waals surface area contributed by atoms with Crippen molar-refractivity contribution >= 4 is 5.91 Å². The van der Waals surface area contributed by atoms with E-state index in [2.05, 4.69) is 15.7 Å². The Morgan fingerprint density at radius 2 is 2.17 bits per heavy atom. The molecule has 6 heteroatoms. The van der Waals surface area contributed by atoms with Gasteiger partial charge in [-0.2, -0.15) is 5.11 Å². The minimum Gasteiger partial charge on any atom is -0.381 e. The first-order valence-corrected chi connectivity index (χ1v) is 6.77. The molecule has 0 aliphatic heterocycles. The number of aliphatic hydroxyl groups is 1. The molecule has 0 radical (unpaired) electrons. The molecule has 1 aliphatic rings. The molecule has 104 valence electrons. The van der Waals surface area contributed by atoms with Crippen LogP contribution in [0.25, 0.3) is 0 Å². The average Bonchev–Trinajstić information content (AvgIpc) is 2.86. The van der Waals surface area contributed by atoms with Gasteiger partial charge in [-0.15, -0.1) is 0 Å². The Labute approximate surface area is 108 Å². The van der Waals surface area contributed by atoms with Crippen LogP contribution in [0.2, 0.25) is 0 Å². The maximum absolute atomic E-state index is 11.9. The lowest BCUT2D eigenvalue weighted by Gasteiger charge is -2.20. The molecule has 0 aromatic rings. The van der Waals surface area contributed by atoms with Crippen molar-refractivity contribution in [1.82, 2.24) is 5.32 Å². The average molecular weight is 256 g/mol. The van der Waals surface area contributed by atoms with Gasteiger partial charge in [0.25, 0.3) is 5.91 Å². The van der Waals surface area contributed by atoms with Crippen molar-refractivity contribution in [2.45, 2.75) is 70.1 Å². The molecule has 0 spiro atoms. The second-order valence-corrected chi connectivity index (χ2v) is 4.88. The lowest BCUT2D eigenvalue weighted by atomic mass is 10.0. The third-order valence-corrected chi connectivity index (χ3v) is 3.40. The topological polar surface area (TPSA) is 100 Å². The monoisotopic (exact) mass is 256 g/mol. The Morgan fingerprint density at radius 1 is 1.50 bits per heavy atom. The molecule has 0 saturated heterocycles. The maximum atomic E-state index is 11.9. The molecule has 0 aromatic carbocycles. The van der Waals surface area contributed by atoms with Crippen LogP contribution in [-0.4, -0.2) is 29.2 Å². The van der Waals surface area contributed by atoms with Crippen LogP contribution in [-0.2, 0) is 4.79 Å². The summed E-state index contributed by atoms with van der Waals surface area (Å²) in [6.45, 7) is 2.04.